The Bertz CT molecular complexity index is 724. The summed E-state index contributed by atoms with van der Waals surface area (Å²) in [6, 6.07) is 13.1. The number of aromatic hydroxyl groups is 1. The molecule has 126 valence electrons. The fraction of sp³-hybridized carbons (Fsp3) is 0.350. The molecule has 0 bridgehead atoms. The van der Waals surface area contributed by atoms with Gasteiger partial charge in [-0.15, -0.1) is 0 Å². The lowest BCUT2D eigenvalue weighted by molar-refractivity contribution is -0.126. The average molecular weight is 325 g/mol. The number of hydrogen-bond acceptors (Lipinski definition) is 3. The number of amides is 1. The van der Waals surface area contributed by atoms with Crippen LogP contribution >= 0.6 is 0 Å². The van der Waals surface area contributed by atoms with Crippen molar-refractivity contribution in [1.29, 1.82) is 0 Å². The smallest absolute Gasteiger partial charge is 0.268 e. The monoisotopic (exact) mass is 325 g/mol. The second-order valence-corrected chi connectivity index (χ2v) is 6.29. The molecule has 0 aliphatic carbocycles. The number of benzene rings is 2. The Labute approximate surface area is 142 Å². The Balaban J connectivity index is 1.88. The molecule has 0 aromatic heterocycles. The molecule has 1 atom stereocenters. The normalized spacial score (nSPS) is 16.7. The molecule has 2 aromatic carbocycles. The van der Waals surface area contributed by atoms with E-state index in [9.17, 15) is 9.90 Å². The van der Waals surface area contributed by atoms with Gasteiger partial charge in [-0.1, -0.05) is 43.2 Å². The van der Waals surface area contributed by atoms with Crippen molar-refractivity contribution in [3.05, 3.63) is 53.6 Å². The van der Waals surface area contributed by atoms with Crippen molar-refractivity contribution in [2.24, 2.45) is 0 Å². The summed E-state index contributed by atoms with van der Waals surface area (Å²) >= 11 is 0. The van der Waals surface area contributed by atoms with Crippen molar-refractivity contribution >= 4 is 11.6 Å². The van der Waals surface area contributed by atoms with Gasteiger partial charge in [-0.2, -0.15) is 0 Å². The maximum absolute atomic E-state index is 12.9. The zero-order valence-electron chi connectivity index (χ0n) is 14.2. The van der Waals surface area contributed by atoms with Gasteiger partial charge in [0.2, 0.25) is 0 Å². The Morgan fingerprint density at radius 1 is 1.17 bits per heavy atom. The average Bonchev–Trinajstić information content (AvgIpc) is 2.57. The van der Waals surface area contributed by atoms with E-state index in [0.717, 1.165) is 24.1 Å². The first-order chi connectivity index (χ1) is 11.6. The molecule has 3 rings (SSSR count). The van der Waals surface area contributed by atoms with Crippen LogP contribution < -0.4 is 9.64 Å². The van der Waals surface area contributed by atoms with Crippen molar-refractivity contribution in [2.75, 3.05) is 11.4 Å². The van der Waals surface area contributed by atoms with Gasteiger partial charge in [0.25, 0.3) is 5.91 Å². The van der Waals surface area contributed by atoms with Gasteiger partial charge in [0, 0.05) is 19.0 Å². The number of phenols is 1. The topological polar surface area (TPSA) is 49.8 Å². The van der Waals surface area contributed by atoms with Crippen molar-refractivity contribution in [2.45, 2.75) is 39.2 Å². The Kier molecular flexibility index (Phi) is 4.74. The summed E-state index contributed by atoms with van der Waals surface area (Å²) in [7, 11) is 0. The first-order valence-corrected chi connectivity index (χ1v) is 8.45. The zero-order valence-corrected chi connectivity index (χ0v) is 14.2. The Hall–Kier alpha value is -2.49. The lowest BCUT2D eigenvalue weighted by Crippen LogP contribution is -2.47. The van der Waals surface area contributed by atoms with Crippen LogP contribution in [-0.4, -0.2) is 23.7 Å². The molecule has 1 aliphatic heterocycles. The highest BCUT2D eigenvalue weighted by atomic mass is 16.5. The molecule has 0 spiro atoms. The number of phenolic OH excluding ortho intramolecular Hbond substituents is 1. The molecule has 0 radical (unpaired) electrons. The largest absolute Gasteiger partial charge is 0.508 e. The van der Waals surface area contributed by atoms with Crippen LogP contribution in [0.2, 0.25) is 0 Å². The van der Waals surface area contributed by atoms with Gasteiger partial charge in [-0.05, 0) is 31.0 Å². The molecule has 2 aromatic rings. The number of anilines is 1. The molecule has 24 heavy (non-hydrogen) atoms. The summed E-state index contributed by atoms with van der Waals surface area (Å²) in [6.07, 6.45) is 1.92. The molecule has 1 N–H and O–H groups in total. The van der Waals surface area contributed by atoms with Crippen LogP contribution in [0.5, 0.6) is 11.5 Å². The van der Waals surface area contributed by atoms with E-state index in [1.165, 1.54) is 5.56 Å². The molecular weight excluding hydrogens is 302 g/mol. The standard InChI is InChI=1S/C20H23NO3/c1-3-4-11-21-17-10-9-16(22)13-18(17)24-19(20(21)23)12-15-7-5-14(2)6-8-15/h5-10,13,19,22H,3-4,11-12H2,1-2H3. The first-order valence-electron chi connectivity index (χ1n) is 8.45. The highest BCUT2D eigenvalue weighted by molar-refractivity contribution is 6.00. The van der Waals surface area contributed by atoms with E-state index in [1.54, 1.807) is 23.1 Å². The van der Waals surface area contributed by atoms with Crippen LogP contribution in [0.15, 0.2) is 42.5 Å². The molecular formula is C20H23NO3. The predicted molar refractivity (Wildman–Crippen MR) is 94.7 cm³/mol. The van der Waals surface area contributed by atoms with Crippen LogP contribution in [0.3, 0.4) is 0 Å². The van der Waals surface area contributed by atoms with Crippen LogP contribution in [-0.2, 0) is 11.2 Å². The maximum atomic E-state index is 12.9. The molecule has 4 heteroatoms. The zero-order chi connectivity index (χ0) is 17.1. The quantitative estimate of drug-likeness (QED) is 0.909. The molecule has 1 unspecified atom stereocenters. The lowest BCUT2D eigenvalue weighted by Gasteiger charge is -2.34. The number of carbonyl (C=O) groups is 1. The first kappa shape index (κ1) is 16.4. The minimum absolute atomic E-state index is 0.0118. The molecule has 4 nitrogen and oxygen atoms in total. The van der Waals surface area contributed by atoms with Crippen LogP contribution in [0.25, 0.3) is 0 Å². The van der Waals surface area contributed by atoms with Gasteiger partial charge in [-0.3, -0.25) is 4.79 Å². The number of rotatable bonds is 5. The molecule has 0 saturated heterocycles. The van der Waals surface area contributed by atoms with Crippen molar-refractivity contribution < 1.29 is 14.6 Å². The van der Waals surface area contributed by atoms with Gasteiger partial charge < -0.3 is 14.7 Å². The summed E-state index contributed by atoms with van der Waals surface area (Å²) in [5.74, 6) is 0.706. The van der Waals surface area contributed by atoms with Gasteiger partial charge in [0.1, 0.15) is 11.5 Å². The summed E-state index contributed by atoms with van der Waals surface area (Å²) < 4.78 is 5.92. The summed E-state index contributed by atoms with van der Waals surface area (Å²) in [5.41, 5.74) is 3.00. The minimum Gasteiger partial charge on any atom is -0.508 e. The maximum Gasteiger partial charge on any atom is 0.268 e. The predicted octanol–water partition coefficient (Wildman–Crippen LogP) is 3.84. The highest BCUT2D eigenvalue weighted by Gasteiger charge is 2.34. The number of nitrogens with zero attached hydrogens (tertiary/aromatic N) is 1. The molecule has 0 saturated carbocycles. The second kappa shape index (κ2) is 6.95. The van der Waals surface area contributed by atoms with Crippen LogP contribution in [0.1, 0.15) is 30.9 Å². The third-order valence-corrected chi connectivity index (χ3v) is 4.32. The van der Waals surface area contributed by atoms with E-state index in [1.807, 2.05) is 31.2 Å². The summed E-state index contributed by atoms with van der Waals surface area (Å²) in [4.78, 5) is 14.7. The second-order valence-electron chi connectivity index (χ2n) is 6.29. The van der Waals surface area contributed by atoms with Gasteiger partial charge in [0.15, 0.2) is 6.10 Å². The third kappa shape index (κ3) is 3.37. The van der Waals surface area contributed by atoms with E-state index in [4.69, 9.17) is 4.74 Å². The number of hydrogen-bond donors (Lipinski definition) is 1. The summed E-state index contributed by atoms with van der Waals surface area (Å²) in [6.45, 7) is 4.81. The number of ether oxygens (including phenoxy) is 1. The lowest BCUT2D eigenvalue weighted by atomic mass is 10.0. The SMILES string of the molecule is CCCCN1C(=O)C(Cc2ccc(C)cc2)Oc2cc(O)ccc21. The fourth-order valence-electron chi connectivity index (χ4n) is 2.93. The van der Waals surface area contributed by atoms with E-state index >= 15 is 0 Å². The van der Waals surface area contributed by atoms with Gasteiger partial charge >= 0.3 is 0 Å². The molecule has 1 aliphatic rings. The summed E-state index contributed by atoms with van der Waals surface area (Å²) in [5, 5.41) is 9.74. The van der Waals surface area contributed by atoms with E-state index in [0.29, 0.717) is 18.7 Å². The molecule has 0 fully saturated rings. The van der Waals surface area contributed by atoms with E-state index in [-0.39, 0.29) is 11.7 Å². The van der Waals surface area contributed by atoms with Gasteiger partial charge in [0.05, 0.1) is 5.69 Å². The van der Waals surface area contributed by atoms with Crippen molar-refractivity contribution in [3.63, 3.8) is 0 Å². The van der Waals surface area contributed by atoms with Gasteiger partial charge in [-0.25, -0.2) is 0 Å². The number of unbranched alkanes of at least 4 members (excludes halogenated alkanes) is 1. The number of carbonyl (C=O) groups excluding carboxylic acids is 1. The fourth-order valence-corrected chi connectivity index (χ4v) is 2.93. The number of fused-ring (bicyclic) bond motifs is 1. The minimum atomic E-state index is -0.557. The molecule has 1 amide bonds. The highest BCUT2D eigenvalue weighted by Crippen LogP contribution is 2.37. The number of aryl methyl sites for hydroxylation is 1. The van der Waals surface area contributed by atoms with E-state index in [2.05, 4.69) is 6.92 Å². The van der Waals surface area contributed by atoms with Crippen molar-refractivity contribution in [3.8, 4) is 11.5 Å². The van der Waals surface area contributed by atoms with Crippen molar-refractivity contribution in [1.82, 2.24) is 0 Å². The Morgan fingerprint density at radius 3 is 2.62 bits per heavy atom. The molecule has 1 heterocycles. The third-order valence-electron chi connectivity index (χ3n) is 4.32. The Morgan fingerprint density at radius 2 is 1.92 bits per heavy atom. The van der Waals surface area contributed by atoms with Crippen LogP contribution in [0.4, 0.5) is 5.69 Å². The van der Waals surface area contributed by atoms with Crippen LogP contribution in [0, 0.1) is 6.92 Å². The van der Waals surface area contributed by atoms with E-state index < -0.39 is 6.10 Å².